The van der Waals surface area contributed by atoms with Crippen LogP contribution in [0.3, 0.4) is 0 Å². The highest BCUT2D eigenvalue weighted by Crippen LogP contribution is 2.36. The third-order valence-electron chi connectivity index (χ3n) is 5.72. The third-order valence-corrected chi connectivity index (χ3v) is 6.57. The van der Waals surface area contributed by atoms with E-state index in [0.717, 1.165) is 32.2 Å². The van der Waals surface area contributed by atoms with Crippen LogP contribution in [-0.2, 0) is 22.5 Å². The second-order valence-corrected chi connectivity index (χ2v) is 8.91. The average Bonchev–Trinajstić information content (AvgIpc) is 2.85. The van der Waals surface area contributed by atoms with Crippen molar-refractivity contribution < 1.29 is 19.5 Å². The molecule has 1 aliphatic heterocycles. The zero-order chi connectivity index (χ0) is 21.1. The van der Waals surface area contributed by atoms with Crippen LogP contribution in [-0.4, -0.2) is 28.5 Å². The lowest BCUT2D eigenvalue weighted by atomic mass is 9.75. The van der Waals surface area contributed by atoms with Crippen LogP contribution in [0, 0.1) is 13.8 Å². The van der Waals surface area contributed by atoms with Crippen molar-refractivity contribution in [2.24, 2.45) is 0 Å². The number of benzene rings is 2. The number of hydrogen-bond acceptors (Lipinski definition) is 4. The van der Waals surface area contributed by atoms with Gasteiger partial charge in [0, 0.05) is 4.47 Å². The molecular weight excluding hydrogens is 419 g/mol. The molecule has 0 saturated carbocycles. The van der Waals surface area contributed by atoms with Crippen LogP contribution in [0.2, 0.25) is 0 Å². The van der Waals surface area contributed by atoms with Crippen molar-refractivity contribution in [1.82, 2.24) is 0 Å². The zero-order valence-electron chi connectivity index (χ0n) is 17.5. The molecule has 3 rings (SSSR count). The van der Waals surface area contributed by atoms with Crippen LogP contribution in [0.1, 0.15) is 49.9 Å². The standard InChI is InChI=1S/C14H21BO3.C8H9BrO/c1-10-11(9-16)7-6-8-12(10)15-17-13(2,3)14(4,5)18-15;1-6-7(5-10)3-2-4-8(6)9/h6-8,16H,9H2,1-5H3;2-4,10H,5H2,1H3. The van der Waals surface area contributed by atoms with Crippen LogP contribution in [0.25, 0.3) is 0 Å². The molecule has 0 spiro atoms. The molecule has 0 amide bonds. The molecule has 2 aromatic carbocycles. The maximum absolute atomic E-state index is 9.31. The smallest absolute Gasteiger partial charge is 0.399 e. The van der Waals surface area contributed by atoms with Crippen molar-refractivity contribution in [2.75, 3.05) is 0 Å². The lowest BCUT2D eigenvalue weighted by molar-refractivity contribution is 0.00578. The molecule has 152 valence electrons. The second kappa shape index (κ2) is 9.10. The van der Waals surface area contributed by atoms with Crippen molar-refractivity contribution in [3.05, 3.63) is 63.1 Å². The second-order valence-electron chi connectivity index (χ2n) is 8.06. The first-order valence-corrected chi connectivity index (χ1v) is 10.2. The van der Waals surface area contributed by atoms with Gasteiger partial charge in [-0.05, 0) is 75.3 Å². The highest BCUT2D eigenvalue weighted by atomic mass is 79.9. The fourth-order valence-corrected chi connectivity index (χ4v) is 3.33. The normalized spacial score (nSPS) is 17.2. The van der Waals surface area contributed by atoms with Gasteiger partial charge in [0.1, 0.15) is 0 Å². The van der Waals surface area contributed by atoms with Crippen LogP contribution < -0.4 is 5.46 Å². The molecule has 1 fully saturated rings. The first kappa shape index (κ1) is 23.1. The number of halogens is 1. The molecule has 2 N–H and O–H groups in total. The Labute approximate surface area is 177 Å². The van der Waals surface area contributed by atoms with E-state index in [0.29, 0.717) is 0 Å². The van der Waals surface area contributed by atoms with Crippen LogP contribution in [0.4, 0.5) is 0 Å². The van der Waals surface area contributed by atoms with E-state index in [1.807, 2.05) is 77.9 Å². The van der Waals surface area contributed by atoms with Gasteiger partial charge in [0.25, 0.3) is 0 Å². The lowest BCUT2D eigenvalue weighted by Gasteiger charge is -2.32. The Balaban J connectivity index is 0.000000237. The minimum atomic E-state index is -0.360. The number of hydrogen-bond donors (Lipinski definition) is 2. The molecule has 0 unspecified atom stereocenters. The third kappa shape index (κ3) is 4.86. The van der Waals surface area contributed by atoms with Gasteiger partial charge >= 0.3 is 7.12 Å². The average molecular weight is 449 g/mol. The Morgan fingerprint density at radius 1 is 0.821 bits per heavy atom. The predicted molar refractivity (Wildman–Crippen MR) is 118 cm³/mol. The molecule has 1 saturated heterocycles. The van der Waals surface area contributed by atoms with Gasteiger partial charge in [0.05, 0.1) is 24.4 Å². The summed E-state index contributed by atoms with van der Waals surface area (Å²) in [5.41, 5.74) is 4.39. The summed E-state index contributed by atoms with van der Waals surface area (Å²) >= 11 is 3.38. The fourth-order valence-electron chi connectivity index (χ4n) is 2.92. The number of aliphatic hydroxyl groups is 2. The Bertz CT molecular complexity index is 804. The zero-order valence-corrected chi connectivity index (χ0v) is 19.1. The molecule has 1 heterocycles. The van der Waals surface area contributed by atoms with E-state index in [4.69, 9.17) is 14.4 Å². The fraction of sp³-hybridized carbons (Fsp3) is 0.455. The summed E-state index contributed by atoms with van der Waals surface area (Å²) in [4.78, 5) is 0. The summed E-state index contributed by atoms with van der Waals surface area (Å²) in [6.45, 7) is 12.3. The van der Waals surface area contributed by atoms with Crippen molar-refractivity contribution in [1.29, 1.82) is 0 Å². The summed E-state index contributed by atoms with van der Waals surface area (Å²) in [5.74, 6) is 0. The Hall–Kier alpha value is -1.18. The van der Waals surface area contributed by atoms with E-state index in [2.05, 4.69) is 15.9 Å². The van der Waals surface area contributed by atoms with E-state index in [-0.39, 0.29) is 31.5 Å². The SMILES string of the molecule is Cc1c(Br)cccc1CO.Cc1c(CO)cccc1B1OC(C)(C)C(C)(C)O1. The van der Waals surface area contributed by atoms with Crippen molar-refractivity contribution in [3.8, 4) is 0 Å². The molecule has 0 bridgehead atoms. The van der Waals surface area contributed by atoms with Gasteiger partial charge in [-0.25, -0.2) is 0 Å². The molecule has 0 atom stereocenters. The summed E-state index contributed by atoms with van der Waals surface area (Å²) in [7, 11) is -0.360. The molecule has 4 nitrogen and oxygen atoms in total. The number of rotatable bonds is 3. The Morgan fingerprint density at radius 3 is 1.75 bits per heavy atom. The summed E-state index contributed by atoms with van der Waals surface area (Å²) in [6, 6.07) is 11.6. The Morgan fingerprint density at radius 2 is 1.29 bits per heavy atom. The van der Waals surface area contributed by atoms with E-state index in [1.54, 1.807) is 0 Å². The lowest BCUT2D eigenvalue weighted by Crippen LogP contribution is -2.41. The highest BCUT2D eigenvalue weighted by Gasteiger charge is 2.52. The van der Waals surface area contributed by atoms with E-state index < -0.39 is 0 Å². The van der Waals surface area contributed by atoms with Crippen LogP contribution >= 0.6 is 15.9 Å². The van der Waals surface area contributed by atoms with E-state index in [9.17, 15) is 5.11 Å². The van der Waals surface area contributed by atoms with Gasteiger partial charge in [0.15, 0.2) is 0 Å². The topological polar surface area (TPSA) is 58.9 Å². The van der Waals surface area contributed by atoms with E-state index >= 15 is 0 Å². The molecule has 6 heteroatoms. The molecule has 1 aliphatic rings. The minimum Gasteiger partial charge on any atom is -0.399 e. The highest BCUT2D eigenvalue weighted by molar-refractivity contribution is 9.10. The molecule has 0 aromatic heterocycles. The summed E-state index contributed by atoms with van der Waals surface area (Å²) in [5, 5.41) is 18.1. The minimum absolute atomic E-state index is 0.0409. The monoisotopic (exact) mass is 448 g/mol. The molecule has 2 aromatic rings. The maximum Gasteiger partial charge on any atom is 0.495 e. The molecular formula is C22H30BBrO4. The molecule has 0 radical (unpaired) electrons. The van der Waals surface area contributed by atoms with Crippen LogP contribution in [0.5, 0.6) is 0 Å². The van der Waals surface area contributed by atoms with Gasteiger partial charge < -0.3 is 19.5 Å². The van der Waals surface area contributed by atoms with Gasteiger partial charge in [-0.3, -0.25) is 0 Å². The summed E-state index contributed by atoms with van der Waals surface area (Å²) < 4.78 is 13.1. The van der Waals surface area contributed by atoms with Gasteiger partial charge in [-0.2, -0.15) is 0 Å². The molecule has 28 heavy (non-hydrogen) atoms. The van der Waals surface area contributed by atoms with Crippen molar-refractivity contribution in [3.63, 3.8) is 0 Å². The van der Waals surface area contributed by atoms with Gasteiger partial charge in [-0.15, -0.1) is 0 Å². The summed E-state index contributed by atoms with van der Waals surface area (Å²) in [6.07, 6.45) is 0. The van der Waals surface area contributed by atoms with Gasteiger partial charge in [0.2, 0.25) is 0 Å². The molecule has 0 aliphatic carbocycles. The van der Waals surface area contributed by atoms with Gasteiger partial charge in [-0.1, -0.05) is 46.3 Å². The Kier molecular flexibility index (Phi) is 7.51. The largest absolute Gasteiger partial charge is 0.495 e. The predicted octanol–water partition coefficient (Wildman–Crippen LogP) is 4.04. The quantitative estimate of drug-likeness (QED) is 0.695. The van der Waals surface area contributed by atoms with Crippen LogP contribution in [0.15, 0.2) is 40.9 Å². The van der Waals surface area contributed by atoms with Crippen molar-refractivity contribution in [2.45, 2.75) is 66.0 Å². The van der Waals surface area contributed by atoms with E-state index in [1.165, 1.54) is 0 Å². The number of aliphatic hydroxyl groups excluding tert-OH is 2. The first-order valence-electron chi connectivity index (χ1n) is 9.43. The van der Waals surface area contributed by atoms with Crippen molar-refractivity contribution >= 4 is 28.5 Å². The first-order chi connectivity index (χ1) is 13.0. The maximum atomic E-state index is 9.31.